The van der Waals surface area contributed by atoms with Gasteiger partial charge in [-0.1, -0.05) is 48.6 Å². The van der Waals surface area contributed by atoms with E-state index in [1.54, 1.807) is 0 Å². The fourth-order valence-corrected chi connectivity index (χ4v) is 0.786. The predicted octanol–water partition coefficient (Wildman–Crippen LogP) is 3.01. The van der Waals surface area contributed by atoms with Gasteiger partial charge in [0.25, 0.3) is 0 Å². The summed E-state index contributed by atoms with van der Waals surface area (Å²) >= 11 is 0. The topological polar surface area (TPSA) is 0 Å². The SMILES string of the molecule is C1=CC/C=C\C=C/C/C=C\1. The van der Waals surface area contributed by atoms with Gasteiger partial charge in [0.15, 0.2) is 0 Å². The van der Waals surface area contributed by atoms with E-state index >= 15 is 0 Å². The predicted molar refractivity (Wildman–Crippen MR) is 45.8 cm³/mol. The van der Waals surface area contributed by atoms with Gasteiger partial charge in [0.05, 0.1) is 0 Å². The minimum atomic E-state index is 1.04. The third-order valence-electron chi connectivity index (χ3n) is 1.31. The molecule has 0 aromatic carbocycles. The number of hydrogen-bond donors (Lipinski definition) is 0. The van der Waals surface area contributed by atoms with Crippen LogP contribution in [0.3, 0.4) is 0 Å². The molecule has 0 radical (unpaired) electrons. The number of allylic oxidation sites excluding steroid dienone is 8. The summed E-state index contributed by atoms with van der Waals surface area (Å²) in [5.41, 5.74) is 0. The third-order valence-corrected chi connectivity index (χ3v) is 1.31. The van der Waals surface area contributed by atoms with Crippen molar-refractivity contribution in [2.75, 3.05) is 0 Å². The lowest BCUT2D eigenvalue weighted by molar-refractivity contribution is 1.35. The average Bonchev–Trinajstić information content (AvgIpc) is 2.01. The first-order valence-electron chi connectivity index (χ1n) is 3.63. The molecule has 0 nitrogen and oxygen atoms in total. The van der Waals surface area contributed by atoms with E-state index < -0.39 is 0 Å². The minimum Gasteiger partial charge on any atom is -0.0808 e. The second kappa shape index (κ2) is 4.80. The van der Waals surface area contributed by atoms with Gasteiger partial charge in [-0.25, -0.2) is 0 Å². The Morgan fingerprint density at radius 3 is 1.10 bits per heavy atom. The van der Waals surface area contributed by atoms with Crippen molar-refractivity contribution in [2.45, 2.75) is 12.8 Å². The highest BCUT2D eigenvalue weighted by molar-refractivity contribution is 5.12. The first-order chi connectivity index (χ1) is 5.00. The normalized spacial score (nSPS) is 27.2. The average molecular weight is 132 g/mol. The van der Waals surface area contributed by atoms with Crippen molar-refractivity contribution in [3.05, 3.63) is 48.6 Å². The molecule has 1 rings (SSSR count). The molecule has 0 saturated heterocycles. The molecule has 52 valence electrons. The van der Waals surface area contributed by atoms with Gasteiger partial charge < -0.3 is 0 Å². The van der Waals surface area contributed by atoms with Crippen LogP contribution in [0.4, 0.5) is 0 Å². The molecule has 0 unspecified atom stereocenters. The van der Waals surface area contributed by atoms with E-state index in [2.05, 4.69) is 48.6 Å². The second-order valence-electron chi connectivity index (χ2n) is 2.18. The maximum absolute atomic E-state index is 2.14. The van der Waals surface area contributed by atoms with Crippen LogP contribution in [0.2, 0.25) is 0 Å². The fraction of sp³-hybridized carbons (Fsp3) is 0.200. The summed E-state index contributed by atoms with van der Waals surface area (Å²) in [5, 5.41) is 0. The van der Waals surface area contributed by atoms with Crippen LogP contribution >= 0.6 is 0 Å². The van der Waals surface area contributed by atoms with Gasteiger partial charge in [0.1, 0.15) is 0 Å². The zero-order chi connectivity index (χ0) is 7.07. The Morgan fingerprint density at radius 2 is 0.800 bits per heavy atom. The first kappa shape index (κ1) is 7.07. The molecule has 1 aliphatic carbocycles. The Kier molecular flexibility index (Phi) is 3.40. The maximum atomic E-state index is 2.14. The Morgan fingerprint density at radius 1 is 0.500 bits per heavy atom. The Labute approximate surface area is 62.3 Å². The van der Waals surface area contributed by atoms with Crippen molar-refractivity contribution in [3.8, 4) is 0 Å². The number of rotatable bonds is 0. The molecule has 0 atom stereocenters. The molecule has 0 N–H and O–H groups in total. The molecule has 0 heterocycles. The molecule has 0 heteroatoms. The molecule has 0 aromatic heterocycles. The zero-order valence-corrected chi connectivity index (χ0v) is 6.03. The molecule has 0 aromatic rings. The summed E-state index contributed by atoms with van der Waals surface area (Å²) in [7, 11) is 0. The molecule has 0 aliphatic heterocycles. The summed E-state index contributed by atoms with van der Waals surface area (Å²) in [4.78, 5) is 0. The van der Waals surface area contributed by atoms with Gasteiger partial charge in [0.2, 0.25) is 0 Å². The van der Waals surface area contributed by atoms with E-state index in [0.717, 1.165) is 12.8 Å². The van der Waals surface area contributed by atoms with E-state index in [-0.39, 0.29) is 0 Å². The highest BCUT2D eigenvalue weighted by Crippen LogP contribution is 1.93. The smallest absolute Gasteiger partial charge is 0.0163 e. The lowest BCUT2D eigenvalue weighted by Crippen LogP contribution is -1.62. The van der Waals surface area contributed by atoms with Gasteiger partial charge >= 0.3 is 0 Å². The molecular formula is C10H12. The van der Waals surface area contributed by atoms with Crippen molar-refractivity contribution in [2.24, 2.45) is 0 Å². The molecule has 0 spiro atoms. The Balaban J connectivity index is 2.50. The van der Waals surface area contributed by atoms with Crippen LogP contribution in [-0.2, 0) is 0 Å². The van der Waals surface area contributed by atoms with Crippen LogP contribution in [0.1, 0.15) is 12.8 Å². The summed E-state index contributed by atoms with van der Waals surface area (Å²) in [6.45, 7) is 0. The van der Waals surface area contributed by atoms with Crippen LogP contribution in [0.25, 0.3) is 0 Å². The van der Waals surface area contributed by atoms with Crippen molar-refractivity contribution in [1.82, 2.24) is 0 Å². The van der Waals surface area contributed by atoms with Gasteiger partial charge in [-0.2, -0.15) is 0 Å². The van der Waals surface area contributed by atoms with Crippen molar-refractivity contribution in [1.29, 1.82) is 0 Å². The van der Waals surface area contributed by atoms with E-state index in [1.165, 1.54) is 0 Å². The molecule has 0 fully saturated rings. The lowest BCUT2D eigenvalue weighted by Gasteiger charge is -1.83. The molecule has 0 amide bonds. The summed E-state index contributed by atoms with van der Waals surface area (Å²) in [6.07, 6.45) is 19.0. The molecule has 0 saturated carbocycles. The highest BCUT2D eigenvalue weighted by Gasteiger charge is 1.72. The van der Waals surface area contributed by atoms with Crippen LogP contribution in [0.15, 0.2) is 48.6 Å². The van der Waals surface area contributed by atoms with Gasteiger partial charge in [-0.05, 0) is 12.8 Å². The third kappa shape index (κ3) is 3.08. The van der Waals surface area contributed by atoms with Crippen LogP contribution < -0.4 is 0 Å². The van der Waals surface area contributed by atoms with Gasteiger partial charge in [0, 0.05) is 0 Å². The Hall–Kier alpha value is -1.04. The molecule has 1 aliphatic rings. The van der Waals surface area contributed by atoms with Gasteiger partial charge in [-0.15, -0.1) is 0 Å². The quantitative estimate of drug-likeness (QED) is 0.475. The van der Waals surface area contributed by atoms with Crippen LogP contribution in [0, 0.1) is 0 Å². The van der Waals surface area contributed by atoms with Crippen molar-refractivity contribution >= 4 is 0 Å². The number of hydrogen-bond acceptors (Lipinski definition) is 0. The van der Waals surface area contributed by atoms with Crippen LogP contribution in [0.5, 0.6) is 0 Å². The largest absolute Gasteiger partial charge is 0.0808 e. The van der Waals surface area contributed by atoms with E-state index in [0.29, 0.717) is 0 Å². The van der Waals surface area contributed by atoms with E-state index in [9.17, 15) is 0 Å². The monoisotopic (exact) mass is 132 g/mol. The van der Waals surface area contributed by atoms with Crippen molar-refractivity contribution < 1.29 is 0 Å². The summed E-state index contributed by atoms with van der Waals surface area (Å²) in [6, 6.07) is 0. The molecule has 0 bridgehead atoms. The van der Waals surface area contributed by atoms with E-state index in [1.807, 2.05) is 0 Å². The second-order valence-corrected chi connectivity index (χ2v) is 2.18. The summed E-state index contributed by atoms with van der Waals surface area (Å²) < 4.78 is 0. The Bertz CT molecular complexity index is 138. The molecular weight excluding hydrogens is 120 g/mol. The zero-order valence-electron chi connectivity index (χ0n) is 6.03. The lowest BCUT2D eigenvalue weighted by atomic mass is 10.2. The highest BCUT2D eigenvalue weighted by atomic mass is 13.8. The van der Waals surface area contributed by atoms with Crippen molar-refractivity contribution in [3.63, 3.8) is 0 Å². The minimum absolute atomic E-state index is 1.04. The first-order valence-corrected chi connectivity index (χ1v) is 3.63. The van der Waals surface area contributed by atoms with Gasteiger partial charge in [-0.3, -0.25) is 0 Å². The summed E-state index contributed by atoms with van der Waals surface area (Å²) in [5.74, 6) is 0. The molecule has 10 heavy (non-hydrogen) atoms. The standard InChI is InChI=1S/C10H12/c1-2-4-6-8-10-9-7-5-3-1/h1-4,7-10H,5-6H2/b3-1-,4-2-,9-7-,10-8?. The van der Waals surface area contributed by atoms with E-state index in [4.69, 9.17) is 0 Å². The fourth-order valence-electron chi connectivity index (χ4n) is 0.786. The maximum Gasteiger partial charge on any atom is -0.0163 e. The van der Waals surface area contributed by atoms with Crippen LogP contribution in [-0.4, -0.2) is 0 Å².